The van der Waals surface area contributed by atoms with E-state index in [1.807, 2.05) is 31.2 Å². The third kappa shape index (κ3) is 4.28. The minimum Gasteiger partial charge on any atom is -0.481 e. The lowest BCUT2D eigenvalue weighted by molar-refractivity contribution is -0.149. The molecule has 2 aliphatic carbocycles. The molecule has 1 saturated heterocycles. The van der Waals surface area contributed by atoms with Crippen LogP contribution in [-0.4, -0.2) is 53.7 Å². The number of rotatable bonds is 5. The molecule has 2 amide bonds. The number of likely N-dealkylation sites (tertiary alicyclic amines) is 1. The summed E-state index contributed by atoms with van der Waals surface area (Å²) in [4.78, 5) is 39.5. The fraction of sp³-hybridized carbons (Fsp3) is 0.464. The summed E-state index contributed by atoms with van der Waals surface area (Å²) in [6.45, 7) is 2.92. The first-order valence-electron chi connectivity index (χ1n) is 12.5. The number of nitrogens with one attached hydrogen (secondary N) is 1. The second-order valence-electron chi connectivity index (χ2n) is 10.3. The molecule has 0 bridgehead atoms. The van der Waals surface area contributed by atoms with Crippen LogP contribution in [0.25, 0.3) is 11.1 Å². The van der Waals surface area contributed by atoms with Gasteiger partial charge in [0.15, 0.2) is 0 Å². The molecule has 1 saturated carbocycles. The minimum atomic E-state index is -0.854. The Balaban J connectivity index is 1.24. The summed E-state index contributed by atoms with van der Waals surface area (Å²) in [6, 6.07) is 16.1. The molecule has 2 aromatic carbocycles. The molecule has 35 heavy (non-hydrogen) atoms. The molecule has 184 valence electrons. The number of alkyl carbamates (subject to hydrolysis) is 1. The quantitative estimate of drug-likeness (QED) is 0.667. The molecule has 2 unspecified atom stereocenters. The Morgan fingerprint density at radius 1 is 1.03 bits per heavy atom. The summed E-state index contributed by atoms with van der Waals surface area (Å²) in [5.41, 5.74) is 3.90. The van der Waals surface area contributed by atoms with Gasteiger partial charge in [0, 0.05) is 25.0 Å². The summed E-state index contributed by atoms with van der Waals surface area (Å²) in [5.74, 6) is -1.46. The molecule has 5 rings (SSSR count). The van der Waals surface area contributed by atoms with E-state index in [2.05, 4.69) is 29.6 Å². The Bertz CT molecular complexity index is 1100. The number of amides is 2. The zero-order chi connectivity index (χ0) is 24.6. The van der Waals surface area contributed by atoms with Gasteiger partial charge in [0.2, 0.25) is 5.91 Å². The van der Waals surface area contributed by atoms with Crippen LogP contribution in [0.1, 0.15) is 56.1 Å². The molecule has 7 nitrogen and oxygen atoms in total. The van der Waals surface area contributed by atoms with E-state index in [1.165, 1.54) is 11.1 Å². The third-order valence-electron chi connectivity index (χ3n) is 8.14. The van der Waals surface area contributed by atoms with Crippen molar-refractivity contribution in [2.24, 2.45) is 11.3 Å². The largest absolute Gasteiger partial charge is 0.481 e. The smallest absolute Gasteiger partial charge is 0.407 e. The summed E-state index contributed by atoms with van der Waals surface area (Å²) >= 11 is 0. The number of carboxylic acids is 1. The summed E-state index contributed by atoms with van der Waals surface area (Å²) in [7, 11) is 0. The predicted molar refractivity (Wildman–Crippen MR) is 131 cm³/mol. The SMILES string of the molecule is CC1(C(=O)N2CCC[C@H](C(=O)O)C2)CCCC1NC(=O)OCC1c2ccccc2-c2ccccc21. The van der Waals surface area contributed by atoms with Crippen molar-refractivity contribution in [2.45, 2.75) is 51.0 Å². The van der Waals surface area contributed by atoms with E-state index in [0.29, 0.717) is 32.2 Å². The second-order valence-corrected chi connectivity index (χ2v) is 10.3. The number of ether oxygens (including phenoxy) is 1. The van der Waals surface area contributed by atoms with Crippen LogP contribution >= 0.6 is 0 Å². The number of hydrogen-bond donors (Lipinski definition) is 2. The predicted octanol–water partition coefficient (Wildman–Crippen LogP) is 4.41. The number of carbonyl (C=O) groups is 3. The molecule has 1 aliphatic heterocycles. The first-order valence-corrected chi connectivity index (χ1v) is 12.5. The zero-order valence-electron chi connectivity index (χ0n) is 20.0. The van der Waals surface area contributed by atoms with E-state index < -0.39 is 23.4 Å². The first-order chi connectivity index (χ1) is 16.9. The summed E-state index contributed by atoms with van der Waals surface area (Å²) in [6.07, 6.45) is 2.95. The second kappa shape index (κ2) is 9.36. The molecular formula is C28H32N2O5. The highest BCUT2D eigenvalue weighted by Crippen LogP contribution is 2.45. The van der Waals surface area contributed by atoms with Crippen molar-refractivity contribution in [3.63, 3.8) is 0 Å². The van der Waals surface area contributed by atoms with Crippen molar-refractivity contribution in [3.8, 4) is 11.1 Å². The lowest BCUT2D eigenvalue weighted by Crippen LogP contribution is -2.54. The van der Waals surface area contributed by atoms with E-state index in [0.717, 1.165) is 17.5 Å². The van der Waals surface area contributed by atoms with E-state index in [1.54, 1.807) is 4.90 Å². The van der Waals surface area contributed by atoms with Crippen LogP contribution < -0.4 is 5.32 Å². The first kappa shape index (κ1) is 23.4. The maximum atomic E-state index is 13.5. The number of aliphatic carboxylic acids is 1. The lowest BCUT2D eigenvalue weighted by Gasteiger charge is -2.39. The van der Waals surface area contributed by atoms with E-state index in [9.17, 15) is 19.5 Å². The van der Waals surface area contributed by atoms with Gasteiger partial charge < -0.3 is 20.1 Å². The monoisotopic (exact) mass is 476 g/mol. The van der Waals surface area contributed by atoms with Crippen LogP contribution in [-0.2, 0) is 14.3 Å². The summed E-state index contributed by atoms with van der Waals surface area (Å²) in [5, 5.41) is 12.4. The Morgan fingerprint density at radius 3 is 2.34 bits per heavy atom. The Kier molecular flexibility index (Phi) is 6.26. The van der Waals surface area contributed by atoms with Crippen molar-refractivity contribution in [3.05, 3.63) is 59.7 Å². The molecule has 7 heteroatoms. The Morgan fingerprint density at radius 2 is 1.69 bits per heavy atom. The Labute approximate surface area is 205 Å². The van der Waals surface area contributed by atoms with Gasteiger partial charge in [-0.1, -0.05) is 55.0 Å². The lowest BCUT2D eigenvalue weighted by atomic mass is 9.82. The van der Waals surface area contributed by atoms with Crippen molar-refractivity contribution in [1.82, 2.24) is 10.2 Å². The molecule has 2 N–H and O–H groups in total. The topological polar surface area (TPSA) is 95.9 Å². The van der Waals surface area contributed by atoms with E-state index >= 15 is 0 Å². The fourth-order valence-electron chi connectivity index (χ4n) is 6.16. The molecule has 2 aromatic rings. The number of carboxylic acid groups (broad SMARTS) is 1. The molecule has 0 aromatic heterocycles. The van der Waals surface area contributed by atoms with E-state index in [4.69, 9.17) is 4.74 Å². The van der Waals surface area contributed by atoms with Crippen LogP contribution in [0.4, 0.5) is 4.79 Å². The van der Waals surface area contributed by atoms with Crippen LogP contribution in [0, 0.1) is 11.3 Å². The molecule has 3 aliphatic rings. The molecular weight excluding hydrogens is 444 g/mol. The molecule has 2 fully saturated rings. The normalized spacial score (nSPS) is 25.6. The molecule has 3 atom stereocenters. The Hall–Kier alpha value is -3.35. The molecule has 1 heterocycles. The molecule has 0 spiro atoms. The van der Waals surface area contributed by atoms with Crippen LogP contribution in [0.3, 0.4) is 0 Å². The number of piperidine rings is 1. The zero-order valence-corrected chi connectivity index (χ0v) is 20.0. The van der Waals surface area contributed by atoms with E-state index in [-0.39, 0.29) is 31.0 Å². The van der Waals surface area contributed by atoms with Crippen molar-refractivity contribution in [1.29, 1.82) is 0 Å². The van der Waals surface area contributed by atoms with Crippen molar-refractivity contribution in [2.75, 3.05) is 19.7 Å². The summed E-state index contributed by atoms with van der Waals surface area (Å²) < 4.78 is 5.72. The van der Waals surface area contributed by atoms with Gasteiger partial charge in [0.25, 0.3) is 0 Å². The highest BCUT2D eigenvalue weighted by atomic mass is 16.5. The van der Waals surface area contributed by atoms with Gasteiger partial charge in [-0.15, -0.1) is 0 Å². The van der Waals surface area contributed by atoms with Crippen LogP contribution in [0.2, 0.25) is 0 Å². The van der Waals surface area contributed by atoms with Gasteiger partial charge in [-0.25, -0.2) is 4.79 Å². The third-order valence-corrected chi connectivity index (χ3v) is 8.14. The van der Waals surface area contributed by atoms with Gasteiger partial charge >= 0.3 is 12.1 Å². The fourth-order valence-corrected chi connectivity index (χ4v) is 6.16. The highest BCUT2D eigenvalue weighted by Gasteiger charge is 2.48. The number of hydrogen-bond acceptors (Lipinski definition) is 4. The van der Waals surface area contributed by atoms with Gasteiger partial charge in [-0.3, -0.25) is 9.59 Å². The number of carbonyl (C=O) groups excluding carboxylic acids is 2. The average Bonchev–Trinajstić information content (AvgIpc) is 3.40. The maximum absolute atomic E-state index is 13.5. The van der Waals surface area contributed by atoms with Gasteiger partial charge in [-0.05, 0) is 54.9 Å². The number of fused-ring (bicyclic) bond motifs is 3. The average molecular weight is 477 g/mol. The van der Waals surface area contributed by atoms with Crippen molar-refractivity contribution < 1.29 is 24.2 Å². The van der Waals surface area contributed by atoms with Crippen LogP contribution in [0.5, 0.6) is 0 Å². The minimum absolute atomic E-state index is 0.0222. The van der Waals surface area contributed by atoms with Gasteiger partial charge in [0.05, 0.1) is 11.3 Å². The highest BCUT2D eigenvalue weighted by molar-refractivity contribution is 5.85. The van der Waals surface area contributed by atoms with Gasteiger partial charge in [0.1, 0.15) is 6.61 Å². The molecule has 0 radical (unpaired) electrons. The number of benzene rings is 2. The van der Waals surface area contributed by atoms with Crippen molar-refractivity contribution >= 4 is 18.0 Å². The standard InChI is InChI=1S/C28H32N2O5/c1-28(26(33)30-15-7-8-18(16-30)25(31)32)14-6-13-24(28)29-27(34)35-17-23-21-11-4-2-9-19(21)20-10-3-5-12-22(20)23/h2-5,9-12,18,23-24H,6-8,13-17H2,1H3,(H,29,34)(H,31,32)/t18-,24?,28?/m0/s1. The maximum Gasteiger partial charge on any atom is 0.407 e. The number of nitrogens with zero attached hydrogens (tertiary/aromatic N) is 1. The van der Waals surface area contributed by atoms with Gasteiger partial charge in [-0.2, -0.15) is 0 Å². The van der Waals surface area contributed by atoms with Crippen LogP contribution in [0.15, 0.2) is 48.5 Å².